The lowest BCUT2D eigenvalue weighted by molar-refractivity contribution is -0.140. The van der Waals surface area contributed by atoms with E-state index < -0.39 is 17.5 Å². The van der Waals surface area contributed by atoms with Gasteiger partial charge in [-0.25, -0.2) is 4.79 Å². The number of anilines is 1. The fourth-order valence-corrected chi connectivity index (χ4v) is 3.96. The molecule has 1 aliphatic rings. The zero-order chi connectivity index (χ0) is 24.6. The molecule has 0 unspecified atom stereocenters. The van der Waals surface area contributed by atoms with Crippen LogP contribution in [-0.2, 0) is 21.6 Å². The van der Waals surface area contributed by atoms with Crippen LogP contribution in [0.25, 0.3) is 11.4 Å². The topological polar surface area (TPSA) is 164 Å². The van der Waals surface area contributed by atoms with Crippen LogP contribution in [-0.4, -0.2) is 31.5 Å². The van der Waals surface area contributed by atoms with E-state index >= 15 is 0 Å². The van der Waals surface area contributed by atoms with Crippen molar-refractivity contribution in [3.63, 3.8) is 0 Å². The quantitative estimate of drug-likeness (QED) is 0.374. The van der Waals surface area contributed by atoms with Crippen molar-refractivity contribution in [3.8, 4) is 17.9 Å². The first-order valence-electron chi connectivity index (χ1n) is 10.00. The highest BCUT2D eigenvalue weighted by molar-refractivity contribution is 7.07. The predicted molar refractivity (Wildman–Crippen MR) is 121 cm³/mol. The average Bonchev–Trinajstić information content (AvgIpc) is 3.23. The van der Waals surface area contributed by atoms with Crippen LogP contribution in [0, 0.1) is 23.2 Å². The second-order valence-corrected chi connectivity index (χ2v) is 8.61. The zero-order valence-corrected chi connectivity index (χ0v) is 19.1. The van der Waals surface area contributed by atoms with Crippen LogP contribution in [0.1, 0.15) is 40.8 Å². The zero-order valence-electron chi connectivity index (χ0n) is 17.5. The number of rotatable bonds is 5. The Labute approximate surface area is 205 Å². The molecule has 1 fully saturated rings. The van der Waals surface area contributed by atoms with Gasteiger partial charge in [-0.1, -0.05) is 29.8 Å². The van der Waals surface area contributed by atoms with Gasteiger partial charge in [0.25, 0.3) is 17.3 Å². The molecule has 0 spiro atoms. The first kappa shape index (κ1) is 22.4. The van der Waals surface area contributed by atoms with Gasteiger partial charge < -0.3 is 18.7 Å². The van der Waals surface area contributed by atoms with Crippen LogP contribution in [0.2, 0.25) is 5.02 Å². The number of ether oxygens (including phenoxy) is 1. The normalized spacial score (nSPS) is 13.5. The van der Waals surface area contributed by atoms with E-state index in [0.29, 0.717) is 23.4 Å². The van der Waals surface area contributed by atoms with E-state index in [1.54, 1.807) is 24.3 Å². The lowest BCUT2D eigenvalue weighted by Crippen LogP contribution is -2.19. The lowest BCUT2D eigenvalue weighted by atomic mass is 10.1. The van der Waals surface area contributed by atoms with Crippen LogP contribution >= 0.6 is 23.1 Å². The second-order valence-electron chi connectivity index (χ2n) is 7.43. The van der Waals surface area contributed by atoms with E-state index in [4.69, 9.17) is 25.2 Å². The highest BCUT2D eigenvalue weighted by atomic mass is 35.5. The van der Waals surface area contributed by atoms with E-state index in [0.717, 1.165) is 11.5 Å². The summed E-state index contributed by atoms with van der Waals surface area (Å²) in [6, 6.07) is 8.80. The molecule has 2 N–H and O–H groups in total. The van der Waals surface area contributed by atoms with Crippen molar-refractivity contribution in [3.05, 3.63) is 57.2 Å². The molecule has 13 heteroatoms. The summed E-state index contributed by atoms with van der Waals surface area (Å²) in [7, 11) is 0. The third-order valence-electron chi connectivity index (χ3n) is 5.17. The Morgan fingerprint density at radius 2 is 2.00 bits per heavy atom. The number of oxazole rings is 2. The van der Waals surface area contributed by atoms with Gasteiger partial charge in [-0.05, 0) is 42.3 Å². The summed E-state index contributed by atoms with van der Waals surface area (Å²) in [5, 5.41) is 21.6. The molecule has 3 heterocycles. The van der Waals surface area contributed by atoms with Crippen LogP contribution in [0.3, 0.4) is 0 Å². The van der Waals surface area contributed by atoms with Crippen LogP contribution < -0.4 is 5.32 Å². The van der Waals surface area contributed by atoms with Crippen molar-refractivity contribution < 1.29 is 28.3 Å². The predicted octanol–water partition coefficient (Wildman–Crippen LogP) is 4.06. The highest BCUT2D eigenvalue weighted by Gasteiger charge is 2.56. The number of carboxylic acids is 1. The fourth-order valence-electron chi connectivity index (χ4n) is 3.12. The Hall–Kier alpha value is -4.39. The Bertz CT molecular complexity index is 1550. The molecule has 0 radical (unpaired) electrons. The van der Waals surface area contributed by atoms with Crippen molar-refractivity contribution in [2.45, 2.75) is 24.9 Å². The van der Waals surface area contributed by atoms with Gasteiger partial charge in [-0.15, -0.1) is 0 Å². The first-order chi connectivity index (χ1) is 16.9. The summed E-state index contributed by atoms with van der Waals surface area (Å²) < 4.78 is 20.1. The van der Waals surface area contributed by atoms with E-state index in [9.17, 15) is 20.0 Å². The standard InChI is InChI=1S/C22H12ClN5O6S/c23-12-4-2-1-3-11(12)10-32-21(31)26-16-13(9-24)28-35-14(16)5-6-15-25-17-18(33-15)27-19(34-17)22(7-8-22)20(29)30/h1-4H,7-8,10H2,(H,26,31)(H,29,30). The number of benzene rings is 1. The van der Waals surface area contributed by atoms with Gasteiger partial charge in [0.1, 0.15) is 28.7 Å². The first-order valence-corrected chi connectivity index (χ1v) is 11.1. The minimum atomic E-state index is -1.12. The number of carbonyl (C=O) groups is 2. The maximum absolute atomic E-state index is 12.3. The molecule has 4 aromatic rings. The van der Waals surface area contributed by atoms with E-state index in [-0.39, 0.29) is 46.1 Å². The SMILES string of the molecule is N#Cc1nsc(C#Cc2nc3oc(C4(C(=O)O)CC4)nc3o2)c1NC(=O)OCc1ccccc1Cl. The number of nitrogens with one attached hydrogen (secondary N) is 1. The molecule has 3 aromatic heterocycles. The number of hydrogen-bond acceptors (Lipinski definition) is 10. The molecule has 174 valence electrons. The molecule has 1 amide bonds. The molecule has 1 aromatic carbocycles. The minimum Gasteiger partial charge on any atom is -0.480 e. The number of nitriles is 1. The molecule has 1 saturated carbocycles. The van der Waals surface area contributed by atoms with Gasteiger partial charge in [-0.2, -0.15) is 19.6 Å². The van der Waals surface area contributed by atoms with Gasteiger partial charge in [0.2, 0.25) is 5.89 Å². The summed E-state index contributed by atoms with van der Waals surface area (Å²) in [4.78, 5) is 32.1. The summed E-state index contributed by atoms with van der Waals surface area (Å²) >= 11 is 6.95. The smallest absolute Gasteiger partial charge is 0.412 e. The number of fused-ring (bicyclic) bond motifs is 1. The molecule has 0 bridgehead atoms. The molecular weight excluding hydrogens is 498 g/mol. The molecule has 35 heavy (non-hydrogen) atoms. The molecule has 0 aliphatic heterocycles. The molecule has 5 rings (SSSR count). The van der Waals surface area contributed by atoms with Crippen molar-refractivity contribution in [2.75, 3.05) is 5.32 Å². The van der Waals surface area contributed by atoms with E-state index in [1.807, 2.05) is 6.07 Å². The van der Waals surface area contributed by atoms with Crippen LogP contribution in [0.15, 0.2) is 33.1 Å². The van der Waals surface area contributed by atoms with Gasteiger partial charge in [0.15, 0.2) is 5.69 Å². The number of nitrogens with zero attached hydrogens (tertiary/aromatic N) is 4. The van der Waals surface area contributed by atoms with Crippen LogP contribution in [0.5, 0.6) is 0 Å². The van der Waals surface area contributed by atoms with Crippen LogP contribution in [0.4, 0.5) is 10.5 Å². The molecular formula is C22H12ClN5O6S. The number of carboxylic acid groups (broad SMARTS) is 1. The van der Waals surface area contributed by atoms with Crippen molar-refractivity contribution >= 4 is 52.3 Å². The minimum absolute atomic E-state index is 0.0281. The van der Waals surface area contributed by atoms with Crippen molar-refractivity contribution in [1.29, 1.82) is 5.26 Å². The van der Waals surface area contributed by atoms with Crippen molar-refractivity contribution in [2.24, 2.45) is 0 Å². The molecule has 0 saturated heterocycles. The summed E-state index contributed by atoms with van der Waals surface area (Å²) in [6.07, 6.45) is 0.0465. The Morgan fingerprint density at radius 1 is 1.23 bits per heavy atom. The summed E-state index contributed by atoms with van der Waals surface area (Å²) in [5.74, 6) is 4.40. The number of aromatic nitrogens is 3. The largest absolute Gasteiger partial charge is 0.480 e. The van der Waals surface area contributed by atoms with Gasteiger partial charge >= 0.3 is 12.1 Å². The maximum Gasteiger partial charge on any atom is 0.412 e. The maximum atomic E-state index is 12.3. The van der Waals surface area contributed by atoms with Gasteiger partial charge in [0.05, 0.1) is 0 Å². The molecule has 11 nitrogen and oxygen atoms in total. The number of carbonyl (C=O) groups excluding carboxylic acids is 1. The van der Waals surface area contributed by atoms with Gasteiger partial charge in [-0.3, -0.25) is 10.1 Å². The average molecular weight is 510 g/mol. The highest BCUT2D eigenvalue weighted by Crippen LogP contribution is 2.48. The summed E-state index contributed by atoms with van der Waals surface area (Å²) in [5.41, 5.74) is -0.395. The van der Waals surface area contributed by atoms with E-state index in [2.05, 4.69) is 31.5 Å². The number of hydrogen-bond donors (Lipinski definition) is 2. The fraction of sp³-hybridized carbons (Fsp3) is 0.182. The number of halogens is 1. The lowest BCUT2D eigenvalue weighted by Gasteiger charge is -2.07. The third-order valence-corrected chi connectivity index (χ3v) is 6.30. The number of aliphatic carboxylic acids is 1. The van der Waals surface area contributed by atoms with Gasteiger partial charge in [0, 0.05) is 10.6 Å². The van der Waals surface area contributed by atoms with E-state index in [1.165, 1.54) is 0 Å². The molecule has 1 aliphatic carbocycles. The summed E-state index contributed by atoms with van der Waals surface area (Å²) in [6.45, 7) is -0.0699. The Kier molecular flexibility index (Phi) is 5.61. The monoisotopic (exact) mass is 509 g/mol. The Morgan fingerprint density at radius 3 is 2.69 bits per heavy atom. The van der Waals surface area contributed by atoms with Crippen molar-refractivity contribution in [1.82, 2.24) is 14.3 Å². The Balaban J connectivity index is 1.32. The molecule has 0 atom stereocenters. The third kappa shape index (κ3) is 4.28. The second kappa shape index (κ2) is 8.76. The number of amides is 1.